The second kappa shape index (κ2) is 6.58. The van der Waals surface area contributed by atoms with Crippen molar-refractivity contribution >= 4 is 11.8 Å². The van der Waals surface area contributed by atoms with Crippen LogP contribution in [0.2, 0.25) is 0 Å². The highest BCUT2D eigenvalue weighted by atomic mass is 19.4. The van der Waals surface area contributed by atoms with E-state index in [1.165, 1.54) is 7.05 Å². The van der Waals surface area contributed by atoms with Gasteiger partial charge in [0.25, 0.3) is 0 Å². The standard InChI is InChI=1S/C12H19F3N4/c1-4-6-7-19(5-2)10-8-9(12(13,14)15)17-11(16-3)18-10/h8H,4-7H2,1-3H3,(H,16,17,18). The van der Waals surface area contributed by atoms with Gasteiger partial charge in [-0.05, 0) is 13.3 Å². The topological polar surface area (TPSA) is 41.1 Å². The van der Waals surface area contributed by atoms with E-state index in [1.807, 2.05) is 18.7 Å². The highest BCUT2D eigenvalue weighted by Crippen LogP contribution is 2.30. The Balaban J connectivity index is 3.11. The van der Waals surface area contributed by atoms with Crippen LogP contribution in [0.3, 0.4) is 0 Å². The van der Waals surface area contributed by atoms with Gasteiger partial charge in [0.05, 0.1) is 0 Å². The molecule has 1 aromatic heterocycles. The number of unbranched alkanes of at least 4 members (excludes halogenated alkanes) is 1. The lowest BCUT2D eigenvalue weighted by Gasteiger charge is -2.23. The first-order valence-electron chi connectivity index (χ1n) is 6.31. The van der Waals surface area contributed by atoms with Crippen LogP contribution in [0.5, 0.6) is 0 Å². The first-order valence-corrected chi connectivity index (χ1v) is 6.31. The maximum absolute atomic E-state index is 12.8. The Kier molecular flexibility index (Phi) is 5.38. The molecule has 7 heteroatoms. The number of rotatable bonds is 6. The van der Waals surface area contributed by atoms with E-state index in [1.54, 1.807) is 0 Å². The minimum atomic E-state index is -4.46. The lowest BCUT2D eigenvalue weighted by molar-refractivity contribution is -0.141. The molecule has 1 heterocycles. The molecule has 0 saturated carbocycles. The van der Waals surface area contributed by atoms with Gasteiger partial charge in [-0.2, -0.15) is 18.2 Å². The van der Waals surface area contributed by atoms with Crippen molar-refractivity contribution in [3.8, 4) is 0 Å². The van der Waals surface area contributed by atoms with E-state index in [4.69, 9.17) is 0 Å². The molecule has 0 radical (unpaired) electrons. The number of anilines is 2. The fraction of sp³-hybridized carbons (Fsp3) is 0.667. The van der Waals surface area contributed by atoms with Gasteiger partial charge in [-0.15, -0.1) is 0 Å². The molecule has 1 N–H and O–H groups in total. The predicted molar refractivity (Wildman–Crippen MR) is 69.4 cm³/mol. The lowest BCUT2D eigenvalue weighted by Crippen LogP contribution is -2.26. The van der Waals surface area contributed by atoms with Crippen molar-refractivity contribution in [3.05, 3.63) is 11.8 Å². The molecule has 1 rings (SSSR count). The third kappa shape index (κ3) is 4.25. The predicted octanol–water partition coefficient (Wildman–Crippen LogP) is 3.16. The Labute approximate surface area is 111 Å². The van der Waals surface area contributed by atoms with Crippen molar-refractivity contribution in [2.45, 2.75) is 32.9 Å². The summed E-state index contributed by atoms with van der Waals surface area (Å²) in [4.78, 5) is 9.36. The number of hydrogen-bond acceptors (Lipinski definition) is 4. The summed E-state index contributed by atoms with van der Waals surface area (Å²) >= 11 is 0. The Morgan fingerprint density at radius 1 is 1.26 bits per heavy atom. The number of alkyl halides is 3. The molecule has 4 nitrogen and oxygen atoms in total. The molecule has 19 heavy (non-hydrogen) atoms. The number of nitrogens with zero attached hydrogens (tertiary/aromatic N) is 3. The van der Waals surface area contributed by atoms with E-state index in [0.29, 0.717) is 18.9 Å². The Bertz CT molecular complexity index is 406. The molecular weight excluding hydrogens is 257 g/mol. The number of hydrogen-bond donors (Lipinski definition) is 1. The van der Waals surface area contributed by atoms with E-state index in [9.17, 15) is 13.2 Å². The van der Waals surface area contributed by atoms with Crippen LogP contribution in [0.1, 0.15) is 32.4 Å². The highest BCUT2D eigenvalue weighted by molar-refractivity contribution is 5.45. The summed E-state index contributed by atoms with van der Waals surface area (Å²) in [5.74, 6) is 0.294. The molecule has 0 spiro atoms. The summed E-state index contributed by atoms with van der Waals surface area (Å²) in [5.41, 5.74) is -0.920. The summed E-state index contributed by atoms with van der Waals surface area (Å²) in [6.45, 7) is 5.22. The van der Waals surface area contributed by atoms with Gasteiger partial charge in [-0.1, -0.05) is 13.3 Å². The fourth-order valence-corrected chi connectivity index (χ4v) is 1.64. The monoisotopic (exact) mass is 276 g/mol. The Morgan fingerprint density at radius 3 is 2.42 bits per heavy atom. The molecule has 0 fully saturated rings. The smallest absolute Gasteiger partial charge is 0.357 e. The molecule has 0 atom stereocenters. The van der Waals surface area contributed by atoms with Crippen LogP contribution in [0.4, 0.5) is 24.9 Å². The van der Waals surface area contributed by atoms with Crippen molar-refractivity contribution in [1.82, 2.24) is 9.97 Å². The van der Waals surface area contributed by atoms with E-state index in [2.05, 4.69) is 15.3 Å². The second-order valence-corrected chi connectivity index (χ2v) is 4.12. The van der Waals surface area contributed by atoms with E-state index in [-0.39, 0.29) is 5.95 Å². The van der Waals surface area contributed by atoms with Gasteiger partial charge in [0.2, 0.25) is 5.95 Å². The Hall–Kier alpha value is -1.53. The van der Waals surface area contributed by atoms with Crippen LogP contribution in [0.25, 0.3) is 0 Å². The van der Waals surface area contributed by atoms with Crippen molar-refractivity contribution in [3.63, 3.8) is 0 Å². The Morgan fingerprint density at radius 2 is 1.95 bits per heavy atom. The molecule has 0 aromatic carbocycles. The zero-order chi connectivity index (χ0) is 14.5. The van der Waals surface area contributed by atoms with Crippen molar-refractivity contribution < 1.29 is 13.2 Å². The lowest BCUT2D eigenvalue weighted by atomic mass is 10.3. The van der Waals surface area contributed by atoms with Gasteiger partial charge in [-0.3, -0.25) is 0 Å². The van der Waals surface area contributed by atoms with Gasteiger partial charge in [0.1, 0.15) is 5.82 Å². The van der Waals surface area contributed by atoms with Crippen molar-refractivity contribution in [2.75, 3.05) is 30.4 Å². The van der Waals surface area contributed by atoms with Crippen LogP contribution >= 0.6 is 0 Å². The summed E-state index contributed by atoms with van der Waals surface area (Å²) < 4.78 is 38.3. The first kappa shape index (κ1) is 15.5. The normalized spacial score (nSPS) is 11.5. The van der Waals surface area contributed by atoms with Crippen LogP contribution in [0.15, 0.2) is 6.07 Å². The average Bonchev–Trinajstić information content (AvgIpc) is 2.38. The summed E-state index contributed by atoms with van der Waals surface area (Å²) in [5, 5.41) is 2.57. The average molecular weight is 276 g/mol. The maximum atomic E-state index is 12.8. The highest BCUT2D eigenvalue weighted by Gasteiger charge is 2.34. The minimum Gasteiger partial charge on any atom is -0.357 e. The van der Waals surface area contributed by atoms with Crippen LogP contribution < -0.4 is 10.2 Å². The molecule has 0 unspecified atom stereocenters. The molecule has 108 valence electrons. The molecule has 1 aromatic rings. The number of halogens is 3. The van der Waals surface area contributed by atoms with Gasteiger partial charge in [0.15, 0.2) is 5.69 Å². The van der Waals surface area contributed by atoms with Gasteiger partial charge in [-0.25, -0.2) is 4.98 Å². The third-order valence-corrected chi connectivity index (χ3v) is 2.71. The molecule has 0 aliphatic rings. The van der Waals surface area contributed by atoms with Crippen LogP contribution in [-0.4, -0.2) is 30.1 Å². The van der Waals surface area contributed by atoms with Gasteiger partial charge < -0.3 is 10.2 Å². The van der Waals surface area contributed by atoms with E-state index < -0.39 is 11.9 Å². The number of aromatic nitrogens is 2. The zero-order valence-electron chi connectivity index (χ0n) is 11.4. The SMILES string of the molecule is CCCCN(CC)c1cc(C(F)(F)F)nc(NC)n1. The summed E-state index contributed by atoms with van der Waals surface area (Å²) in [7, 11) is 1.50. The maximum Gasteiger partial charge on any atom is 0.433 e. The molecule has 0 saturated heterocycles. The summed E-state index contributed by atoms with van der Waals surface area (Å²) in [6, 6.07) is 1.00. The molecular formula is C12H19F3N4. The van der Waals surface area contributed by atoms with E-state index >= 15 is 0 Å². The van der Waals surface area contributed by atoms with Gasteiger partial charge >= 0.3 is 6.18 Å². The second-order valence-electron chi connectivity index (χ2n) is 4.12. The van der Waals surface area contributed by atoms with Crippen molar-refractivity contribution in [1.29, 1.82) is 0 Å². The zero-order valence-corrected chi connectivity index (χ0v) is 11.4. The number of nitrogens with one attached hydrogen (secondary N) is 1. The fourth-order valence-electron chi connectivity index (χ4n) is 1.64. The summed E-state index contributed by atoms with van der Waals surface area (Å²) in [6.07, 6.45) is -2.58. The van der Waals surface area contributed by atoms with Gasteiger partial charge in [0, 0.05) is 26.2 Å². The molecule has 0 aliphatic heterocycles. The van der Waals surface area contributed by atoms with Crippen molar-refractivity contribution in [2.24, 2.45) is 0 Å². The third-order valence-electron chi connectivity index (χ3n) is 2.71. The van der Waals surface area contributed by atoms with Crippen LogP contribution in [0, 0.1) is 0 Å². The van der Waals surface area contributed by atoms with E-state index in [0.717, 1.165) is 18.9 Å². The molecule has 0 bridgehead atoms. The minimum absolute atomic E-state index is 0.0141. The molecule has 0 aliphatic carbocycles. The van der Waals surface area contributed by atoms with Crippen LogP contribution in [-0.2, 0) is 6.18 Å². The molecule has 0 amide bonds. The first-order chi connectivity index (χ1) is 8.92. The largest absolute Gasteiger partial charge is 0.433 e. The quantitative estimate of drug-likeness (QED) is 0.866.